The van der Waals surface area contributed by atoms with Crippen molar-refractivity contribution in [2.24, 2.45) is 5.73 Å². The maximum Gasteiger partial charge on any atom is 0.261 e. The number of nitrogens with one attached hydrogen (secondary N) is 1. The minimum Gasteiger partial charge on any atom is -0.368 e. The van der Waals surface area contributed by atoms with Gasteiger partial charge >= 0.3 is 0 Å². The van der Waals surface area contributed by atoms with E-state index in [1.807, 2.05) is 13.0 Å². The number of carbonyl (C=O) groups is 3. The number of rotatable bonds is 4. The number of thiophene rings is 1. The van der Waals surface area contributed by atoms with Gasteiger partial charge in [-0.1, -0.05) is 0 Å². The molecule has 0 aromatic carbocycles. The van der Waals surface area contributed by atoms with Crippen LogP contribution in [0.4, 0.5) is 0 Å². The maximum absolute atomic E-state index is 12.0. The molecule has 2 rings (SSSR count). The Morgan fingerprint density at radius 3 is 2.80 bits per heavy atom. The molecule has 1 saturated heterocycles. The molecule has 1 unspecified atom stereocenters. The Labute approximate surface area is 120 Å². The molecule has 2 heterocycles. The molecule has 1 atom stereocenters. The first kappa shape index (κ1) is 14.5. The molecule has 20 heavy (non-hydrogen) atoms. The average molecular weight is 295 g/mol. The smallest absolute Gasteiger partial charge is 0.261 e. The lowest BCUT2D eigenvalue weighted by atomic mass is 10.2. The third-order valence-corrected chi connectivity index (χ3v) is 4.27. The van der Waals surface area contributed by atoms with Crippen LogP contribution in [0.5, 0.6) is 0 Å². The number of amides is 3. The van der Waals surface area contributed by atoms with Crippen LogP contribution in [0, 0.1) is 6.92 Å². The molecular weight excluding hydrogens is 278 g/mol. The van der Waals surface area contributed by atoms with E-state index >= 15 is 0 Å². The van der Waals surface area contributed by atoms with Gasteiger partial charge in [-0.25, -0.2) is 0 Å². The van der Waals surface area contributed by atoms with Crippen LogP contribution in [-0.4, -0.2) is 41.8 Å². The molecule has 0 spiro atoms. The van der Waals surface area contributed by atoms with Crippen LogP contribution in [-0.2, 0) is 9.59 Å². The largest absolute Gasteiger partial charge is 0.368 e. The van der Waals surface area contributed by atoms with Crippen molar-refractivity contribution in [2.75, 3.05) is 13.1 Å². The fraction of sp³-hybridized carbons (Fsp3) is 0.462. The van der Waals surface area contributed by atoms with E-state index in [0.717, 1.165) is 11.3 Å². The second-order valence-corrected chi connectivity index (χ2v) is 6.03. The highest BCUT2D eigenvalue weighted by Crippen LogP contribution is 2.17. The molecule has 1 fully saturated rings. The molecule has 1 aliphatic heterocycles. The van der Waals surface area contributed by atoms with Gasteiger partial charge in [0.15, 0.2) is 0 Å². The molecule has 7 heteroatoms. The van der Waals surface area contributed by atoms with Gasteiger partial charge in [0.05, 0.1) is 11.4 Å². The van der Waals surface area contributed by atoms with E-state index in [4.69, 9.17) is 5.73 Å². The van der Waals surface area contributed by atoms with Gasteiger partial charge in [0.2, 0.25) is 11.8 Å². The van der Waals surface area contributed by atoms with Crippen LogP contribution in [0.3, 0.4) is 0 Å². The molecule has 1 aromatic rings. The summed E-state index contributed by atoms with van der Waals surface area (Å²) in [5, 5.41) is 2.58. The minimum atomic E-state index is -0.539. The van der Waals surface area contributed by atoms with Gasteiger partial charge in [0.25, 0.3) is 5.91 Å². The predicted molar refractivity (Wildman–Crippen MR) is 75.3 cm³/mol. The summed E-state index contributed by atoms with van der Waals surface area (Å²) >= 11 is 1.37. The molecule has 6 nitrogen and oxygen atoms in total. The Hall–Kier alpha value is -1.89. The molecular formula is C13H17N3O3S. The number of nitrogens with zero attached hydrogens (tertiary/aromatic N) is 1. The number of hydrogen-bond donors (Lipinski definition) is 2. The zero-order valence-electron chi connectivity index (χ0n) is 11.2. The van der Waals surface area contributed by atoms with Crippen molar-refractivity contribution in [1.29, 1.82) is 0 Å². The maximum atomic E-state index is 12.0. The van der Waals surface area contributed by atoms with Gasteiger partial charge in [-0.15, -0.1) is 11.3 Å². The van der Waals surface area contributed by atoms with Crippen molar-refractivity contribution in [1.82, 2.24) is 10.2 Å². The van der Waals surface area contributed by atoms with Crippen molar-refractivity contribution in [2.45, 2.75) is 25.8 Å². The zero-order chi connectivity index (χ0) is 14.7. The first-order valence-electron chi connectivity index (χ1n) is 6.42. The Balaban J connectivity index is 1.89. The van der Waals surface area contributed by atoms with E-state index in [-0.39, 0.29) is 18.4 Å². The molecule has 108 valence electrons. The van der Waals surface area contributed by atoms with Gasteiger partial charge in [-0.05, 0) is 31.9 Å². The number of aryl methyl sites for hydroxylation is 1. The number of likely N-dealkylation sites (tertiary alicyclic amines) is 1. The van der Waals surface area contributed by atoms with Gasteiger partial charge in [0, 0.05) is 11.4 Å². The summed E-state index contributed by atoms with van der Waals surface area (Å²) in [6, 6.07) is 3.04. The molecule has 3 amide bonds. The summed E-state index contributed by atoms with van der Waals surface area (Å²) in [4.78, 5) is 38.1. The highest BCUT2D eigenvalue weighted by atomic mass is 32.1. The van der Waals surface area contributed by atoms with Crippen LogP contribution in [0.15, 0.2) is 12.1 Å². The monoisotopic (exact) mass is 295 g/mol. The molecule has 1 aromatic heterocycles. The molecule has 3 N–H and O–H groups in total. The Kier molecular flexibility index (Phi) is 4.39. The van der Waals surface area contributed by atoms with Gasteiger partial charge in [0.1, 0.15) is 6.04 Å². The van der Waals surface area contributed by atoms with Crippen molar-refractivity contribution in [3.05, 3.63) is 21.9 Å². The minimum absolute atomic E-state index is 0.112. The van der Waals surface area contributed by atoms with Crippen LogP contribution in [0.25, 0.3) is 0 Å². The van der Waals surface area contributed by atoms with E-state index in [0.29, 0.717) is 17.8 Å². The third-order valence-electron chi connectivity index (χ3n) is 3.27. The molecule has 1 aliphatic rings. The second kappa shape index (κ2) is 6.04. The van der Waals surface area contributed by atoms with Crippen LogP contribution < -0.4 is 11.1 Å². The van der Waals surface area contributed by atoms with Crippen molar-refractivity contribution >= 4 is 29.1 Å². The van der Waals surface area contributed by atoms with E-state index in [1.54, 1.807) is 6.07 Å². The van der Waals surface area contributed by atoms with Gasteiger partial charge in [-0.2, -0.15) is 0 Å². The standard InChI is InChI=1S/C13H17N3O3S/c1-8-4-5-10(20-8)13(19)15-7-11(17)16-6-2-3-9(16)12(14)18/h4-5,9H,2-3,6-7H2,1H3,(H2,14,18)(H,15,19). The van der Waals surface area contributed by atoms with Crippen molar-refractivity contribution < 1.29 is 14.4 Å². The lowest BCUT2D eigenvalue weighted by Crippen LogP contribution is -2.47. The summed E-state index contributed by atoms with van der Waals surface area (Å²) in [6.07, 6.45) is 1.36. The van der Waals surface area contributed by atoms with Gasteiger partial charge in [-0.3, -0.25) is 14.4 Å². The fourth-order valence-corrected chi connectivity index (χ4v) is 3.05. The fourth-order valence-electron chi connectivity index (χ4n) is 2.26. The summed E-state index contributed by atoms with van der Waals surface area (Å²) in [5.74, 6) is -1.03. The topological polar surface area (TPSA) is 92.5 Å². The van der Waals surface area contributed by atoms with Crippen molar-refractivity contribution in [3.8, 4) is 0 Å². The number of primary amides is 1. The van der Waals surface area contributed by atoms with Crippen LogP contribution in [0.2, 0.25) is 0 Å². The second-order valence-electron chi connectivity index (χ2n) is 4.74. The van der Waals surface area contributed by atoms with E-state index < -0.39 is 11.9 Å². The third kappa shape index (κ3) is 3.16. The zero-order valence-corrected chi connectivity index (χ0v) is 12.0. The van der Waals surface area contributed by atoms with E-state index in [1.165, 1.54) is 16.2 Å². The molecule has 0 saturated carbocycles. The summed E-state index contributed by atoms with van der Waals surface area (Å²) in [5.41, 5.74) is 5.26. The molecule has 0 radical (unpaired) electrons. The average Bonchev–Trinajstić information content (AvgIpc) is 3.03. The molecule has 0 aliphatic carbocycles. The molecule has 0 bridgehead atoms. The van der Waals surface area contributed by atoms with Crippen LogP contribution in [0.1, 0.15) is 27.4 Å². The highest BCUT2D eigenvalue weighted by Gasteiger charge is 2.32. The van der Waals surface area contributed by atoms with Gasteiger partial charge < -0.3 is 16.0 Å². The lowest BCUT2D eigenvalue weighted by Gasteiger charge is -2.22. The summed E-state index contributed by atoms with van der Waals surface area (Å²) in [7, 11) is 0. The first-order chi connectivity index (χ1) is 9.49. The summed E-state index contributed by atoms with van der Waals surface area (Å²) in [6.45, 7) is 2.31. The van der Waals surface area contributed by atoms with Crippen LogP contribution >= 0.6 is 11.3 Å². The highest BCUT2D eigenvalue weighted by molar-refractivity contribution is 7.13. The lowest BCUT2D eigenvalue weighted by molar-refractivity contribution is -0.136. The Morgan fingerprint density at radius 2 is 2.20 bits per heavy atom. The normalized spacial score (nSPS) is 18.1. The number of carbonyl (C=O) groups excluding carboxylic acids is 3. The SMILES string of the molecule is Cc1ccc(C(=O)NCC(=O)N2CCCC2C(N)=O)s1. The number of nitrogens with two attached hydrogens (primary N) is 1. The Morgan fingerprint density at radius 1 is 1.45 bits per heavy atom. The first-order valence-corrected chi connectivity index (χ1v) is 7.24. The predicted octanol–water partition coefficient (Wildman–Crippen LogP) is 0.263. The van der Waals surface area contributed by atoms with E-state index in [2.05, 4.69) is 5.32 Å². The quantitative estimate of drug-likeness (QED) is 0.834. The Bertz CT molecular complexity index is 541. The van der Waals surface area contributed by atoms with Crippen molar-refractivity contribution in [3.63, 3.8) is 0 Å². The number of hydrogen-bond acceptors (Lipinski definition) is 4. The summed E-state index contributed by atoms with van der Waals surface area (Å²) < 4.78 is 0. The van der Waals surface area contributed by atoms with E-state index in [9.17, 15) is 14.4 Å².